The quantitative estimate of drug-likeness (QED) is 0.879. The normalized spacial score (nSPS) is 29.9. The Morgan fingerprint density at radius 3 is 2.24 bits per heavy atom. The largest absolute Gasteiger partial charge is 0.393 e. The van der Waals surface area contributed by atoms with Crippen LogP contribution in [0.1, 0.15) is 58.9 Å². The van der Waals surface area contributed by atoms with E-state index in [1.165, 1.54) is 0 Å². The first-order valence-corrected chi connectivity index (χ1v) is 8.16. The lowest BCUT2D eigenvalue weighted by Crippen LogP contribution is -2.38. The van der Waals surface area contributed by atoms with Crippen LogP contribution in [0, 0.1) is 17.3 Å². The number of hydrogen-bond donors (Lipinski definition) is 2. The van der Waals surface area contributed by atoms with Gasteiger partial charge in [-0.2, -0.15) is 0 Å². The van der Waals surface area contributed by atoms with E-state index in [2.05, 4.69) is 20.8 Å². The summed E-state index contributed by atoms with van der Waals surface area (Å²) in [5, 5.41) is 21.2. The molecule has 1 fully saturated rings. The molecule has 0 aromatic heterocycles. The number of benzene rings is 1. The molecule has 0 saturated heterocycles. The Bertz CT molecular complexity index is 444. The minimum atomic E-state index is -0.868. The molecule has 0 amide bonds. The Morgan fingerprint density at radius 2 is 1.67 bits per heavy atom. The first-order chi connectivity index (χ1) is 9.70. The summed E-state index contributed by atoms with van der Waals surface area (Å²) in [4.78, 5) is 0. The van der Waals surface area contributed by atoms with Crippen molar-refractivity contribution in [3.8, 4) is 0 Å². The van der Waals surface area contributed by atoms with Crippen LogP contribution in [0.3, 0.4) is 0 Å². The molecule has 2 heteroatoms. The van der Waals surface area contributed by atoms with Crippen LogP contribution in [-0.2, 0) is 5.60 Å². The van der Waals surface area contributed by atoms with Gasteiger partial charge in [0.15, 0.2) is 0 Å². The van der Waals surface area contributed by atoms with Crippen molar-refractivity contribution in [2.75, 3.05) is 0 Å². The molecule has 2 rings (SSSR count). The molecule has 4 atom stereocenters. The van der Waals surface area contributed by atoms with E-state index >= 15 is 0 Å². The fraction of sp³-hybridized carbons (Fsp3) is 0.684. The molecular weight excluding hydrogens is 260 g/mol. The number of aliphatic hydroxyl groups is 2. The fourth-order valence-electron chi connectivity index (χ4n) is 3.68. The maximum Gasteiger partial charge on any atom is 0.0872 e. The second kappa shape index (κ2) is 6.10. The summed E-state index contributed by atoms with van der Waals surface area (Å²) in [6, 6.07) is 9.82. The van der Waals surface area contributed by atoms with Crippen LogP contribution in [0.5, 0.6) is 0 Å². The summed E-state index contributed by atoms with van der Waals surface area (Å²) in [6.07, 6.45) is 3.31. The third-order valence-corrected chi connectivity index (χ3v) is 5.22. The van der Waals surface area contributed by atoms with Gasteiger partial charge in [0.1, 0.15) is 0 Å². The van der Waals surface area contributed by atoms with Crippen LogP contribution in [0.4, 0.5) is 0 Å². The Labute approximate surface area is 129 Å². The molecule has 2 N–H and O–H groups in total. The molecule has 1 aliphatic rings. The number of hydrogen-bond acceptors (Lipinski definition) is 2. The van der Waals surface area contributed by atoms with Crippen molar-refractivity contribution in [1.82, 2.24) is 0 Å². The molecule has 1 aromatic rings. The Morgan fingerprint density at radius 1 is 1.05 bits per heavy atom. The zero-order valence-corrected chi connectivity index (χ0v) is 13.8. The topological polar surface area (TPSA) is 40.5 Å². The highest BCUT2D eigenvalue weighted by Gasteiger charge is 2.38. The zero-order valence-electron chi connectivity index (χ0n) is 13.8. The Kier molecular flexibility index (Phi) is 4.79. The fourth-order valence-corrected chi connectivity index (χ4v) is 3.68. The second-order valence-electron chi connectivity index (χ2n) is 8.05. The predicted molar refractivity (Wildman–Crippen MR) is 86.9 cm³/mol. The van der Waals surface area contributed by atoms with Gasteiger partial charge in [-0.1, -0.05) is 51.1 Å². The summed E-state index contributed by atoms with van der Waals surface area (Å²) in [7, 11) is 0. The highest BCUT2D eigenvalue weighted by atomic mass is 16.3. The van der Waals surface area contributed by atoms with Crippen molar-refractivity contribution in [2.24, 2.45) is 17.3 Å². The molecule has 1 aromatic carbocycles. The van der Waals surface area contributed by atoms with E-state index in [1.54, 1.807) is 0 Å². The second-order valence-corrected chi connectivity index (χ2v) is 8.05. The van der Waals surface area contributed by atoms with Crippen molar-refractivity contribution >= 4 is 0 Å². The van der Waals surface area contributed by atoms with Crippen LogP contribution in [0.15, 0.2) is 30.3 Å². The van der Waals surface area contributed by atoms with E-state index in [9.17, 15) is 10.2 Å². The van der Waals surface area contributed by atoms with E-state index in [0.29, 0.717) is 12.3 Å². The molecule has 2 nitrogen and oxygen atoms in total. The van der Waals surface area contributed by atoms with Gasteiger partial charge in [-0.05, 0) is 55.4 Å². The zero-order chi connectivity index (χ0) is 15.7. The first kappa shape index (κ1) is 16.5. The number of rotatable bonds is 3. The van der Waals surface area contributed by atoms with E-state index in [0.717, 1.165) is 24.8 Å². The molecule has 118 valence electrons. The maximum atomic E-state index is 10.8. The maximum absolute atomic E-state index is 10.8. The van der Waals surface area contributed by atoms with Gasteiger partial charge in [0.25, 0.3) is 0 Å². The van der Waals surface area contributed by atoms with Crippen molar-refractivity contribution in [2.45, 2.75) is 65.1 Å². The average molecular weight is 290 g/mol. The van der Waals surface area contributed by atoms with Gasteiger partial charge in [-0.3, -0.25) is 0 Å². The molecule has 0 aliphatic heterocycles. The highest BCUT2D eigenvalue weighted by Crippen LogP contribution is 2.44. The summed E-state index contributed by atoms with van der Waals surface area (Å²) >= 11 is 0. The first-order valence-electron chi connectivity index (χ1n) is 8.16. The average Bonchev–Trinajstić information content (AvgIpc) is 2.41. The van der Waals surface area contributed by atoms with Crippen LogP contribution in [0.2, 0.25) is 0 Å². The monoisotopic (exact) mass is 290 g/mol. The smallest absolute Gasteiger partial charge is 0.0872 e. The highest BCUT2D eigenvalue weighted by molar-refractivity contribution is 5.21. The minimum Gasteiger partial charge on any atom is -0.393 e. The van der Waals surface area contributed by atoms with Crippen molar-refractivity contribution in [1.29, 1.82) is 0 Å². The van der Waals surface area contributed by atoms with Gasteiger partial charge < -0.3 is 10.2 Å². The van der Waals surface area contributed by atoms with Gasteiger partial charge >= 0.3 is 0 Å². The lowest BCUT2D eigenvalue weighted by molar-refractivity contribution is -0.0389. The standard InChI is InChI=1S/C19H30O2/c1-18(2,3)16-10-11-17(20)14(12-16)13-19(4,21)15-8-6-5-7-9-15/h5-9,14,16-17,20-21H,10-13H2,1-4H3. The van der Waals surface area contributed by atoms with Gasteiger partial charge in [-0.15, -0.1) is 0 Å². The van der Waals surface area contributed by atoms with Crippen LogP contribution < -0.4 is 0 Å². The third-order valence-electron chi connectivity index (χ3n) is 5.22. The molecular formula is C19H30O2. The molecule has 0 heterocycles. The van der Waals surface area contributed by atoms with Crippen LogP contribution in [-0.4, -0.2) is 16.3 Å². The summed E-state index contributed by atoms with van der Waals surface area (Å²) in [5.74, 6) is 0.802. The molecule has 1 aliphatic carbocycles. The molecule has 1 saturated carbocycles. The third kappa shape index (κ3) is 4.08. The molecule has 21 heavy (non-hydrogen) atoms. The van der Waals surface area contributed by atoms with E-state index in [-0.39, 0.29) is 17.4 Å². The van der Waals surface area contributed by atoms with E-state index < -0.39 is 5.60 Å². The Balaban J connectivity index is 2.10. The number of aliphatic hydroxyl groups excluding tert-OH is 1. The lowest BCUT2D eigenvalue weighted by atomic mass is 9.66. The van der Waals surface area contributed by atoms with E-state index in [4.69, 9.17) is 0 Å². The molecule has 0 radical (unpaired) electrons. The van der Waals surface area contributed by atoms with E-state index in [1.807, 2.05) is 37.3 Å². The minimum absolute atomic E-state index is 0.179. The molecule has 4 unspecified atom stereocenters. The van der Waals surface area contributed by atoms with Gasteiger partial charge in [-0.25, -0.2) is 0 Å². The van der Waals surface area contributed by atoms with Crippen molar-refractivity contribution in [3.05, 3.63) is 35.9 Å². The molecule has 0 bridgehead atoms. The predicted octanol–water partition coefficient (Wildman–Crippen LogP) is 4.11. The summed E-state index contributed by atoms with van der Waals surface area (Å²) in [5.41, 5.74) is 0.346. The van der Waals surface area contributed by atoms with Gasteiger partial charge in [0.05, 0.1) is 11.7 Å². The lowest BCUT2D eigenvalue weighted by Gasteiger charge is -2.42. The van der Waals surface area contributed by atoms with Crippen molar-refractivity contribution < 1.29 is 10.2 Å². The van der Waals surface area contributed by atoms with Gasteiger partial charge in [0.2, 0.25) is 0 Å². The molecule has 0 spiro atoms. The SMILES string of the molecule is CC(O)(CC1CC(C(C)(C)C)CCC1O)c1ccccc1. The summed E-state index contributed by atoms with van der Waals surface area (Å²) in [6.45, 7) is 8.71. The van der Waals surface area contributed by atoms with Crippen LogP contribution in [0.25, 0.3) is 0 Å². The summed E-state index contributed by atoms with van der Waals surface area (Å²) < 4.78 is 0. The van der Waals surface area contributed by atoms with Crippen molar-refractivity contribution in [3.63, 3.8) is 0 Å². The Hall–Kier alpha value is -0.860. The van der Waals surface area contributed by atoms with Gasteiger partial charge in [0, 0.05) is 0 Å². The van der Waals surface area contributed by atoms with Crippen LogP contribution >= 0.6 is 0 Å².